The molecule has 0 aromatic rings. The zero-order chi connectivity index (χ0) is 45.7. The van der Waals surface area contributed by atoms with Crippen LogP contribution in [-0.4, -0.2) is 89.6 Å². The summed E-state index contributed by atoms with van der Waals surface area (Å²) in [5.41, 5.74) is 0. The van der Waals surface area contributed by atoms with Gasteiger partial charge in [-0.2, -0.15) is 0 Å². The number of ether oxygens (including phenoxy) is 4. The lowest BCUT2D eigenvalue weighted by molar-refractivity contribution is -0.305. The summed E-state index contributed by atoms with van der Waals surface area (Å²) >= 11 is 0. The first-order valence-corrected chi connectivity index (χ1v) is 27.3. The van der Waals surface area contributed by atoms with Crippen molar-refractivity contribution in [3.8, 4) is 0 Å². The highest BCUT2D eigenvalue weighted by molar-refractivity contribution is 5.69. The number of aliphatic hydroxyl groups is 4. The van der Waals surface area contributed by atoms with E-state index in [1.165, 1.54) is 212 Å². The van der Waals surface area contributed by atoms with Crippen LogP contribution >= 0.6 is 0 Å². The van der Waals surface area contributed by atoms with Gasteiger partial charge in [0, 0.05) is 13.0 Å². The van der Waals surface area contributed by atoms with Crippen molar-refractivity contribution >= 4 is 5.97 Å². The Balaban J connectivity index is 2.16. The van der Waals surface area contributed by atoms with Crippen LogP contribution in [0.25, 0.3) is 0 Å². The molecule has 0 radical (unpaired) electrons. The molecule has 1 heterocycles. The molecule has 9 heteroatoms. The van der Waals surface area contributed by atoms with Gasteiger partial charge in [-0.1, -0.05) is 231 Å². The lowest BCUT2D eigenvalue weighted by Crippen LogP contribution is -2.59. The molecule has 0 bridgehead atoms. The monoisotopic (exact) mass is 897 g/mol. The number of esters is 1. The van der Waals surface area contributed by atoms with E-state index in [4.69, 9.17) is 18.9 Å². The third-order valence-corrected chi connectivity index (χ3v) is 12.9. The molecule has 1 aliphatic heterocycles. The molecule has 0 aliphatic carbocycles. The number of allylic oxidation sites excluding steroid dienone is 2. The molecular formula is C54H104O9. The Morgan fingerprint density at radius 2 is 0.873 bits per heavy atom. The number of carbonyl (C=O) groups excluding carboxylic acids is 1. The molecule has 1 fully saturated rings. The molecule has 9 nitrogen and oxygen atoms in total. The molecule has 4 N–H and O–H groups in total. The molecule has 0 saturated carbocycles. The maximum atomic E-state index is 12.9. The molecule has 0 aromatic carbocycles. The van der Waals surface area contributed by atoms with Gasteiger partial charge in [0.15, 0.2) is 6.29 Å². The number of hydrogen-bond acceptors (Lipinski definition) is 9. The normalized spacial score (nSPS) is 19.6. The van der Waals surface area contributed by atoms with Crippen LogP contribution in [0.4, 0.5) is 0 Å². The van der Waals surface area contributed by atoms with Crippen LogP contribution in [0.3, 0.4) is 0 Å². The van der Waals surface area contributed by atoms with Crippen LogP contribution in [0, 0.1) is 0 Å². The van der Waals surface area contributed by atoms with E-state index in [1.807, 2.05) is 0 Å². The fraction of sp³-hybridized carbons (Fsp3) is 0.944. The first-order chi connectivity index (χ1) is 30.9. The van der Waals surface area contributed by atoms with E-state index in [0.29, 0.717) is 13.0 Å². The lowest BCUT2D eigenvalue weighted by atomic mass is 9.99. The molecule has 1 aliphatic rings. The molecule has 0 amide bonds. The van der Waals surface area contributed by atoms with Crippen molar-refractivity contribution in [3.05, 3.63) is 12.2 Å². The molecule has 0 spiro atoms. The number of hydrogen-bond donors (Lipinski definition) is 4. The third kappa shape index (κ3) is 36.7. The predicted octanol–water partition coefficient (Wildman–Crippen LogP) is 13.5. The van der Waals surface area contributed by atoms with Crippen molar-refractivity contribution in [3.63, 3.8) is 0 Å². The van der Waals surface area contributed by atoms with Gasteiger partial charge in [0.25, 0.3) is 0 Å². The van der Waals surface area contributed by atoms with Crippen molar-refractivity contribution in [2.75, 3.05) is 26.4 Å². The van der Waals surface area contributed by atoms with E-state index in [-0.39, 0.29) is 19.2 Å². The SMILES string of the molecule is CCCCCCCCC/C=C\CCCCCCCCOCC(COC1OC(CO)C(O)C(O)C1O)OC(=O)CCCCCCCCCCCCCCCCCCCCCCCCC. The Hall–Kier alpha value is -1.07. The minimum atomic E-state index is -1.53. The number of rotatable bonds is 48. The number of aliphatic hydroxyl groups excluding tert-OH is 4. The average molecular weight is 897 g/mol. The Morgan fingerprint density at radius 3 is 1.29 bits per heavy atom. The molecular weight excluding hydrogens is 793 g/mol. The zero-order valence-corrected chi connectivity index (χ0v) is 41.4. The topological polar surface area (TPSA) is 135 Å². The second-order valence-electron chi connectivity index (χ2n) is 19.0. The molecule has 6 atom stereocenters. The van der Waals surface area contributed by atoms with Gasteiger partial charge in [-0.3, -0.25) is 4.79 Å². The summed E-state index contributed by atoms with van der Waals surface area (Å²) in [5, 5.41) is 40.3. The summed E-state index contributed by atoms with van der Waals surface area (Å²) in [7, 11) is 0. The maximum Gasteiger partial charge on any atom is 0.306 e. The first kappa shape index (κ1) is 59.9. The van der Waals surface area contributed by atoms with E-state index in [2.05, 4.69) is 26.0 Å². The van der Waals surface area contributed by atoms with Gasteiger partial charge in [0.1, 0.15) is 30.5 Å². The minimum absolute atomic E-state index is 0.110. The average Bonchev–Trinajstić information content (AvgIpc) is 3.28. The van der Waals surface area contributed by atoms with Gasteiger partial charge < -0.3 is 39.4 Å². The van der Waals surface area contributed by atoms with Gasteiger partial charge in [-0.25, -0.2) is 0 Å². The highest BCUT2D eigenvalue weighted by atomic mass is 16.7. The second-order valence-corrected chi connectivity index (χ2v) is 19.0. The smallest absolute Gasteiger partial charge is 0.306 e. The van der Waals surface area contributed by atoms with Gasteiger partial charge >= 0.3 is 5.97 Å². The first-order valence-electron chi connectivity index (χ1n) is 27.3. The van der Waals surface area contributed by atoms with Crippen LogP contribution in [0.2, 0.25) is 0 Å². The highest BCUT2D eigenvalue weighted by Crippen LogP contribution is 2.23. The van der Waals surface area contributed by atoms with Gasteiger partial charge in [0.05, 0.1) is 19.8 Å². The van der Waals surface area contributed by atoms with Crippen molar-refractivity contribution in [1.82, 2.24) is 0 Å². The Bertz CT molecular complexity index is 977. The van der Waals surface area contributed by atoms with Gasteiger partial charge in [-0.05, 0) is 38.5 Å². The predicted molar refractivity (Wildman–Crippen MR) is 261 cm³/mol. The minimum Gasteiger partial charge on any atom is -0.457 e. The van der Waals surface area contributed by atoms with Crippen molar-refractivity contribution in [1.29, 1.82) is 0 Å². The van der Waals surface area contributed by atoms with E-state index >= 15 is 0 Å². The molecule has 0 aromatic heterocycles. The lowest BCUT2D eigenvalue weighted by Gasteiger charge is -2.39. The van der Waals surface area contributed by atoms with Gasteiger partial charge in [-0.15, -0.1) is 0 Å². The summed E-state index contributed by atoms with van der Waals surface area (Å²) in [6.45, 7) is 4.60. The van der Waals surface area contributed by atoms with Crippen LogP contribution in [0.5, 0.6) is 0 Å². The summed E-state index contributed by atoms with van der Waals surface area (Å²) in [4.78, 5) is 12.9. The van der Waals surface area contributed by atoms with Crippen LogP contribution in [0.15, 0.2) is 12.2 Å². The Kier molecular flexibility index (Phi) is 43.8. The highest BCUT2D eigenvalue weighted by Gasteiger charge is 2.44. The fourth-order valence-electron chi connectivity index (χ4n) is 8.67. The molecule has 1 rings (SSSR count). The van der Waals surface area contributed by atoms with E-state index in [9.17, 15) is 25.2 Å². The zero-order valence-electron chi connectivity index (χ0n) is 41.4. The molecule has 63 heavy (non-hydrogen) atoms. The Morgan fingerprint density at radius 1 is 0.492 bits per heavy atom. The maximum absolute atomic E-state index is 12.9. The van der Waals surface area contributed by atoms with Gasteiger partial charge in [0.2, 0.25) is 0 Å². The summed E-state index contributed by atoms with van der Waals surface area (Å²) in [5.74, 6) is -0.308. The molecule has 1 saturated heterocycles. The molecule has 6 unspecified atom stereocenters. The summed E-state index contributed by atoms with van der Waals surface area (Å²) < 4.78 is 22.9. The van der Waals surface area contributed by atoms with Crippen molar-refractivity contribution in [2.24, 2.45) is 0 Å². The number of unbranched alkanes of at least 4 members (excludes halogenated alkanes) is 35. The van der Waals surface area contributed by atoms with Crippen LogP contribution in [0.1, 0.15) is 264 Å². The van der Waals surface area contributed by atoms with Crippen LogP contribution < -0.4 is 0 Å². The summed E-state index contributed by atoms with van der Waals surface area (Å²) in [6, 6.07) is 0. The largest absolute Gasteiger partial charge is 0.457 e. The quantitative estimate of drug-likeness (QED) is 0.0267. The Labute approximate surface area is 388 Å². The number of carbonyl (C=O) groups is 1. The van der Waals surface area contributed by atoms with E-state index in [1.54, 1.807) is 0 Å². The standard InChI is InChI=1S/C54H104O9/c1-3-5-7-9-11-13-15-17-19-21-22-23-24-25-26-27-29-31-33-35-37-39-41-43-50(56)62-48(47-61-54-53(59)52(58)51(57)49(45-55)63-54)46-60-44-42-40-38-36-34-32-30-28-20-18-16-14-12-10-8-6-4-2/h20,28,48-49,51-55,57-59H,3-19,21-27,29-47H2,1-2H3/b28-20-. The third-order valence-electron chi connectivity index (χ3n) is 12.9. The van der Waals surface area contributed by atoms with Crippen molar-refractivity contribution in [2.45, 2.75) is 301 Å². The van der Waals surface area contributed by atoms with E-state index < -0.39 is 43.4 Å². The second kappa shape index (κ2) is 46.1. The van der Waals surface area contributed by atoms with Crippen LogP contribution in [-0.2, 0) is 23.7 Å². The van der Waals surface area contributed by atoms with Crippen molar-refractivity contribution < 1.29 is 44.2 Å². The van der Waals surface area contributed by atoms with E-state index in [0.717, 1.165) is 32.1 Å². The summed E-state index contributed by atoms with van der Waals surface area (Å²) in [6.07, 6.45) is 46.8. The molecule has 374 valence electrons. The fourth-order valence-corrected chi connectivity index (χ4v) is 8.67.